The molecule has 1 fully saturated rings. The molecule has 0 bridgehead atoms. The number of nitrogens with zero attached hydrogens (tertiary/aromatic N) is 1. The van der Waals surface area contributed by atoms with Gasteiger partial charge in [0, 0.05) is 28.6 Å². The number of nitrogens with one attached hydrogen (secondary N) is 1. The predicted octanol–water partition coefficient (Wildman–Crippen LogP) is 7.24. The lowest BCUT2D eigenvalue weighted by Crippen LogP contribution is -2.30. The van der Waals surface area contributed by atoms with Crippen LogP contribution in [0.3, 0.4) is 0 Å². The average Bonchev–Trinajstić information content (AvgIpc) is 3.38. The summed E-state index contributed by atoms with van der Waals surface area (Å²) < 4.78 is 0. The molecule has 6 heteroatoms. The Balaban J connectivity index is 1.32. The van der Waals surface area contributed by atoms with Gasteiger partial charge in [0.15, 0.2) is 0 Å². The minimum absolute atomic E-state index is 0.0133. The van der Waals surface area contributed by atoms with Gasteiger partial charge in [-0.15, -0.1) is 11.3 Å². The standard InChI is InChI=1S/C29H28N2O3S/c32-27(17-25(29(33)34)20-7-3-1-4-8-20)30-24-14-13-19-11-12-22(15-23(19)16-24)28-31-26(18-35-28)21-9-5-2-6-10-21/h2,5-6,9-16,18,20,25H,1,3-4,7-8,17H2,(H,30,32)(H,33,34)/t25-/m1/s1. The summed E-state index contributed by atoms with van der Waals surface area (Å²) in [5.41, 5.74) is 3.75. The molecule has 1 aromatic heterocycles. The molecule has 0 saturated heterocycles. The summed E-state index contributed by atoms with van der Waals surface area (Å²) in [6.45, 7) is 0. The maximum Gasteiger partial charge on any atom is 0.307 e. The van der Waals surface area contributed by atoms with Crippen molar-refractivity contribution < 1.29 is 14.7 Å². The number of carbonyl (C=O) groups is 2. The quantitative estimate of drug-likeness (QED) is 0.290. The van der Waals surface area contributed by atoms with E-state index in [1.807, 2.05) is 36.4 Å². The molecule has 0 aliphatic heterocycles. The number of rotatable bonds is 7. The third-order valence-electron chi connectivity index (χ3n) is 6.89. The van der Waals surface area contributed by atoms with Crippen LogP contribution in [0.5, 0.6) is 0 Å². The highest BCUT2D eigenvalue weighted by Gasteiger charge is 2.31. The summed E-state index contributed by atoms with van der Waals surface area (Å²) in [6.07, 6.45) is 5.06. The Bertz CT molecular complexity index is 1340. The van der Waals surface area contributed by atoms with Gasteiger partial charge in [0.05, 0.1) is 11.6 Å². The van der Waals surface area contributed by atoms with Crippen molar-refractivity contribution >= 4 is 39.7 Å². The number of fused-ring (bicyclic) bond motifs is 1. The van der Waals surface area contributed by atoms with Crippen LogP contribution in [-0.2, 0) is 9.59 Å². The number of hydrogen-bond donors (Lipinski definition) is 2. The maximum absolute atomic E-state index is 12.7. The zero-order chi connectivity index (χ0) is 24.2. The Morgan fingerprint density at radius 1 is 0.943 bits per heavy atom. The van der Waals surface area contributed by atoms with E-state index in [4.69, 9.17) is 4.98 Å². The van der Waals surface area contributed by atoms with E-state index in [-0.39, 0.29) is 18.2 Å². The van der Waals surface area contributed by atoms with Crippen LogP contribution in [0.15, 0.2) is 72.1 Å². The molecule has 1 heterocycles. The molecular formula is C29H28N2O3S. The minimum atomic E-state index is -0.867. The Hall–Kier alpha value is -3.51. The smallest absolute Gasteiger partial charge is 0.307 e. The lowest BCUT2D eigenvalue weighted by Gasteiger charge is -2.27. The zero-order valence-electron chi connectivity index (χ0n) is 19.4. The van der Waals surface area contributed by atoms with Gasteiger partial charge in [-0.25, -0.2) is 4.98 Å². The molecule has 5 rings (SSSR count). The minimum Gasteiger partial charge on any atom is -0.481 e. The van der Waals surface area contributed by atoms with Crippen LogP contribution < -0.4 is 5.32 Å². The van der Waals surface area contributed by atoms with E-state index < -0.39 is 11.9 Å². The van der Waals surface area contributed by atoms with E-state index in [1.165, 1.54) is 0 Å². The molecule has 1 amide bonds. The van der Waals surface area contributed by atoms with Crippen LogP contribution in [0.1, 0.15) is 38.5 Å². The summed E-state index contributed by atoms with van der Waals surface area (Å²) in [5.74, 6) is -1.64. The molecule has 4 aromatic rings. The fourth-order valence-electron chi connectivity index (χ4n) is 5.01. The van der Waals surface area contributed by atoms with Gasteiger partial charge in [-0.1, -0.05) is 67.8 Å². The highest BCUT2D eigenvalue weighted by molar-refractivity contribution is 7.13. The molecule has 1 atom stereocenters. The number of carbonyl (C=O) groups excluding carboxylic acids is 1. The first-order chi connectivity index (χ1) is 17.1. The molecule has 0 unspecified atom stereocenters. The van der Waals surface area contributed by atoms with Crippen molar-refractivity contribution in [1.29, 1.82) is 0 Å². The Kier molecular flexibility index (Phi) is 6.91. The summed E-state index contributed by atoms with van der Waals surface area (Å²) in [4.78, 5) is 29.4. The third-order valence-corrected chi connectivity index (χ3v) is 7.78. The lowest BCUT2D eigenvalue weighted by molar-refractivity contribution is -0.146. The molecule has 3 aromatic carbocycles. The SMILES string of the molecule is O=C(C[C@@H](C(=O)O)C1CCCCC1)Nc1ccc2ccc(-c3nc(-c4ccccc4)cs3)cc2c1. The topological polar surface area (TPSA) is 79.3 Å². The van der Waals surface area contributed by atoms with Crippen molar-refractivity contribution in [2.75, 3.05) is 5.32 Å². The number of anilines is 1. The Morgan fingerprint density at radius 2 is 1.71 bits per heavy atom. The van der Waals surface area contributed by atoms with Gasteiger partial charge < -0.3 is 10.4 Å². The van der Waals surface area contributed by atoms with E-state index in [1.54, 1.807) is 11.3 Å². The van der Waals surface area contributed by atoms with Crippen molar-refractivity contribution in [3.8, 4) is 21.8 Å². The van der Waals surface area contributed by atoms with Crippen LogP contribution in [0.2, 0.25) is 0 Å². The van der Waals surface area contributed by atoms with Gasteiger partial charge in [-0.3, -0.25) is 9.59 Å². The first-order valence-corrected chi connectivity index (χ1v) is 13.0. The summed E-state index contributed by atoms with van der Waals surface area (Å²) >= 11 is 1.61. The molecule has 2 N–H and O–H groups in total. The van der Waals surface area contributed by atoms with Gasteiger partial charge in [0.1, 0.15) is 5.01 Å². The molecule has 0 spiro atoms. The molecule has 5 nitrogen and oxygen atoms in total. The van der Waals surface area contributed by atoms with E-state index in [0.29, 0.717) is 5.69 Å². The second kappa shape index (κ2) is 10.4. The fourth-order valence-corrected chi connectivity index (χ4v) is 5.84. The predicted molar refractivity (Wildman–Crippen MR) is 141 cm³/mol. The molecule has 1 saturated carbocycles. The second-order valence-corrected chi connectivity index (χ2v) is 10.1. The number of carboxylic acid groups (broad SMARTS) is 1. The molecule has 35 heavy (non-hydrogen) atoms. The van der Waals surface area contributed by atoms with Crippen molar-refractivity contribution in [2.45, 2.75) is 38.5 Å². The normalized spacial score (nSPS) is 15.1. The molecule has 178 valence electrons. The largest absolute Gasteiger partial charge is 0.481 e. The van der Waals surface area contributed by atoms with Gasteiger partial charge >= 0.3 is 5.97 Å². The number of benzene rings is 3. The number of thiazole rings is 1. The summed E-state index contributed by atoms with van der Waals surface area (Å²) in [5, 5.41) is 17.7. The van der Waals surface area contributed by atoms with E-state index in [0.717, 1.165) is 64.7 Å². The van der Waals surface area contributed by atoms with E-state index >= 15 is 0 Å². The zero-order valence-corrected chi connectivity index (χ0v) is 20.3. The first-order valence-electron chi connectivity index (χ1n) is 12.1. The highest BCUT2D eigenvalue weighted by Crippen LogP contribution is 2.33. The van der Waals surface area contributed by atoms with Crippen LogP contribution in [0.25, 0.3) is 32.6 Å². The number of amides is 1. The molecule has 1 aliphatic rings. The van der Waals surface area contributed by atoms with Crippen LogP contribution in [-0.4, -0.2) is 22.0 Å². The Labute approximate surface area is 208 Å². The van der Waals surface area contributed by atoms with Crippen molar-refractivity contribution in [3.63, 3.8) is 0 Å². The molecule has 1 aliphatic carbocycles. The summed E-state index contributed by atoms with van der Waals surface area (Å²) in [7, 11) is 0. The molecular weight excluding hydrogens is 456 g/mol. The number of aromatic nitrogens is 1. The monoisotopic (exact) mass is 484 g/mol. The number of aliphatic carboxylic acids is 1. The van der Waals surface area contributed by atoms with Crippen LogP contribution in [0, 0.1) is 11.8 Å². The van der Waals surface area contributed by atoms with Crippen molar-refractivity contribution in [3.05, 3.63) is 72.1 Å². The van der Waals surface area contributed by atoms with Gasteiger partial charge in [-0.2, -0.15) is 0 Å². The van der Waals surface area contributed by atoms with Gasteiger partial charge in [0.25, 0.3) is 0 Å². The number of hydrogen-bond acceptors (Lipinski definition) is 4. The number of carboxylic acids is 1. The van der Waals surface area contributed by atoms with Crippen molar-refractivity contribution in [2.24, 2.45) is 11.8 Å². The van der Waals surface area contributed by atoms with Gasteiger partial charge in [-0.05, 0) is 47.7 Å². The van der Waals surface area contributed by atoms with Crippen LogP contribution >= 0.6 is 11.3 Å². The van der Waals surface area contributed by atoms with E-state index in [9.17, 15) is 14.7 Å². The highest BCUT2D eigenvalue weighted by atomic mass is 32.1. The lowest BCUT2D eigenvalue weighted by atomic mass is 9.78. The second-order valence-electron chi connectivity index (χ2n) is 9.28. The third kappa shape index (κ3) is 5.43. The first kappa shape index (κ1) is 23.2. The van der Waals surface area contributed by atoms with Crippen molar-refractivity contribution in [1.82, 2.24) is 4.98 Å². The van der Waals surface area contributed by atoms with Gasteiger partial charge in [0.2, 0.25) is 5.91 Å². The Morgan fingerprint density at radius 3 is 2.49 bits per heavy atom. The molecule has 0 radical (unpaired) electrons. The average molecular weight is 485 g/mol. The fraction of sp³-hybridized carbons (Fsp3) is 0.276. The van der Waals surface area contributed by atoms with E-state index in [2.05, 4.69) is 41.0 Å². The maximum atomic E-state index is 12.7. The van der Waals surface area contributed by atoms with Crippen LogP contribution in [0.4, 0.5) is 5.69 Å². The summed E-state index contributed by atoms with van der Waals surface area (Å²) in [6, 6.07) is 22.1.